The van der Waals surface area contributed by atoms with E-state index in [1.807, 2.05) is 13.8 Å². The van der Waals surface area contributed by atoms with Crippen LogP contribution in [0.3, 0.4) is 0 Å². The summed E-state index contributed by atoms with van der Waals surface area (Å²) in [7, 11) is 0. The largest absolute Gasteiger partial charge is 0.481 e. The van der Waals surface area contributed by atoms with E-state index in [0.29, 0.717) is 12.5 Å². The van der Waals surface area contributed by atoms with Crippen molar-refractivity contribution in [2.45, 2.75) is 20.8 Å². The fourth-order valence-electron chi connectivity index (χ4n) is 0. The van der Waals surface area contributed by atoms with E-state index in [1.54, 1.807) is 0 Å². The lowest BCUT2D eigenvalue weighted by atomic mass is 10.2. The lowest BCUT2D eigenvalue weighted by Crippen LogP contribution is -1.90. The molecule has 0 amide bonds. The second-order valence-corrected chi connectivity index (χ2v) is 2.10. The van der Waals surface area contributed by atoms with E-state index >= 15 is 0 Å². The van der Waals surface area contributed by atoms with Crippen molar-refractivity contribution in [1.29, 1.82) is 0 Å². The van der Waals surface area contributed by atoms with Gasteiger partial charge in [-0.05, 0) is 5.92 Å². The molecule has 0 atom stereocenters. The summed E-state index contributed by atoms with van der Waals surface area (Å²) in [5, 5.41) is 15.6. The van der Waals surface area contributed by atoms with Crippen molar-refractivity contribution in [3.63, 3.8) is 0 Å². The number of aliphatic carboxylic acids is 1. The molecule has 56 valence electrons. The Bertz CT molecular complexity index is 64.7. The van der Waals surface area contributed by atoms with Gasteiger partial charge in [0.05, 0.1) is 0 Å². The molecule has 0 saturated carbocycles. The Balaban J connectivity index is 0. The molecule has 0 aromatic heterocycles. The number of carboxylic acids is 1. The van der Waals surface area contributed by atoms with Gasteiger partial charge in [0.1, 0.15) is 0 Å². The van der Waals surface area contributed by atoms with Gasteiger partial charge in [-0.3, -0.25) is 4.79 Å². The number of hydrogen-bond acceptors (Lipinski definition) is 2. The van der Waals surface area contributed by atoms with Gasteiger partial charge in [0.25, 0.3) is 5.97 Å². The minimum absolute atomic E-state index is 0.306. The summed E-state index contributed by atoms with van der Waals surface area (Å²) in [5.41, 5.74) is 0. The van der Waals surface area contributed by atoms with Gasteiger partial charge in [-0.25, -0.2) is 0 Å². The van der Waals surface area contributed by atoms with Gasteiger partial charge in [-0.1, -0.05) is 13.8 Å². The molecule has 2 N–H and O–H groups in total. The molecule has 0 radical (unpaired) electrons. The molecule has 0 heterocycles. The molecular formula is C6H14O3. The van der Waals surface area contributed by atoms with Crippen molar-refractivity contribution in [3.05, 3.63) is 0 Å². The summed E-state index contributed by atoms with van der Waals surface area (Å²) < 4.78 is 0. The van der Waals surface area contributed by atoms with Crippen LogP contribution < -0.4 is 0 Å². The van der Waals surface area contributed by atoms with Crippen molar-refractivity contribution in [2.24, 2.45) is 5.92 Å². The molecular weight excluding hydrogens is 120 g/mol. The molecule has 3 nitrogen and oxygen atoms in total. The van der Waals surface area contributed by atoms with Crippen LogP contribution in [0.4, 0.5) is 0 Å². The van der Waals surface area contributed by atoms with Gasteiger partial charge in [-0.2, -0.15) is 0 Å². The highest BCUT2D eigenvalue weighted by molar-refractivity contribution is 5.62. The molecule has 9 heavy (non-hydrogen) atoms. The molecule has 0 aliphatic heterocycles. The minimum Gasteiger partial charge on any atom is -0.481 e. The fourth-order valence-corrected chi connectivity index (χ4v) is 0. The maximum Gasteiger partial charge on any atom is 0.300 e. The topological polar surface area (TPSA) is 57.5 Å². The number of aliphatic hydroxyl groups excluding tert-OH is 1. The highest BCUT2D eigenvalue weighted by Gasteiger charge is 1.81. The van der Waals surface area contributed by atoms with E-state index < -0.39 is 5.97 Å². The second-order valence-electron chi connectivity index (χ2n) is 2.10. The Hall–Kier alpha value is -0.570. The third kappa shape index (κ3) is 107. The fraction of sp³-hybridized carbons (Fsp3) is 0.833. The first kappa shape index (κ1) is 11.3. The molecule has 0 fully saturated rings. The lowest BCUT2D eigenvalue weighted by Gasteiger charge is -1.90. The average molecular weight is 134 g/mol. The van der Waals surface area contributed by atoms with Gasteiger partial charge in [0, 0.05) is 13.5 Å². The van der Waals surface area contributed by atoms with Gasteiger partial charge >= 0.3 is 0 Å². The first-order chi connectivity index (χ1) is 4.00. The van der Waals surface area contributed by atoms with E-state index in [2.05, 4.69) is 0 Å². The zero-order valence-corrected chi connectivity index (χ0v) is 6.09. The summed E-state index contributed by atoms with van der Waals surface area (Å²) in [6, 6.07) is 0. The maximum absolute atomic E-state index is 9.00. The molecule has 0 rings (SSSR count). The number of carbonyl (C=O) groups is 1. The van der Waals surface area contributed by atoms with Crippen LogP contribution in [0.15, 0.2) is 0 Å². The summed E-state index contributed by atoms with van der Waals surface area (Å²) in [5.74, 6) is -0.394. The van der Waals surface area contributed by atoms with Crippen molar-refractivity contribution >= 4 is 5.97 Å². The third-order valence-electron chi connectivity index (χ3n) is 0.365. The van der Waals surface area contributed by atoms with Crippen LogP contribution in [0.5, 0.6) is 0 Å². The maximum atomic E-state index is 9.00. The Morgan fingerprint density at radius 3 is 1.67 bits per heavy atom. The van der Waals surface area contributed by atoms with Crippen molar-refractivity contribution in [2.75, 3.05) is 6.61 Å². The van der Waals surface area contributed by atoms with Crippen LogP contribution in [0, 0.1) is 5.92 Å². The standard InChI is InChI=1S/C4H10O.C2H4O2/c1-4(2)3-5;1-2(3)4/h4-5H,3H2,1-2H3;1H3,(H,3,4). The first-order valence-electron chi connectivity index (χ1n) is 2.81. The quantitative estimate of drug-likeness (QED) is 0.555. The minimum atomic E-state index is -0.833. The highest BCUT2D eigenvalue weighted by atomic mass is 16.4. The van der Waals surface area contributed by atoms with Crippen LogP contribution in [0.25, 0.3) is 0 Å². The molecule has 0 aromatic carbocycles. The predicted octanol–water partition coefficient (Wildman–Crippen LogP) is 0.726. The Morgan fingerprint density at radius 2 is 1.67 bits per heavy atom. The van der Waals surface area contributed by atoms with Crippen LogP contribution >= 0.6 is 0 Å². The number of carboxylic acid groups (broad SMARTS) is 1. The van der Waals surface area contributed by atoms with Crippen LogP contribution in [-0.4, -0.2) is 22.8 Å². The van der Waals surface area contributed by atoms with E-state index in [-0.39, 0.29) is 0 Å². The van der Waals surface area contributed by atoms with Crippen LogP contribution in [0.1, 0.15) is 20.8 Å². The zero-order valence-electron chi connectivity index (χ0n) is 6.09. The Kier molecular flexibility index (Phi) is 9.29. The van der Waals surface area contributed by atoms with E-state index in [9.17, 15) is 0 Å². The lowest BCUT2D eigenvalue weighted by molar-refractivity contribution is -0.134. The van der Waals surface area contributed by atoms with E-state index in [4.69, 9.17) is 15.0 Å². The summed E-state index contributed by atoms with van der Waals surface area (Å²) in [4.78, 5) is 9.00. The normalized spacial score (nSPS) is 8.11. The third-order valence-corrected chi connectivity index (χ3v) is 0.365. The summed E-state index contributed by atoms with van der Waals surface area (Å²) in [6.45, 7) is 5.33. The average Bonchev–Trinajstić information content (AvgIpc) is 1.65. The number of hydrogen-bond donors (Lipinski definition) is 2. The number of rotatable bonds is 1. The van der Waals surface area contributed by atoms with Gasteiger partial charge in [-0.15, -0.1) is 0 Å². The van der Waals surface area contributed by atoms with Gasteiger partial charge < -0.3 is 10.2 Å². The highest BCUT2D eigenvalue weighted by Crippen LogP contribution is 1.83. The molecule has 0 spiro atoms. The zero-order chi connectivity index (χ0) is 7.86. The first-order valence-corrected chi connectivity index (χ1v) is 2.81. The van der Waals surface area contributed by atoms with Crippen molar-refractivity contribution in [1.82, 2.24) is 0 Å². The van der Waals surface area contributed by atoms with Crippen LogP contribution in [-0.2, 0) is 4.79 Å². The molecule has 0 saturated heterocycles. The monoisotopic (exact) mass is 134 g/mol. The second kappa shape index (κ2) is 7.43. The van der Waals surface area contributed by atoms with E-state index in [1.165, 1.54) is 0 Å². The summed E-state index contributed by atoms with van der Waals surface area (Å²) >= 11 is 0. The van der Waals surface area contributed by atoms with Crippen LogP contribution in [0.2, 0.25) is 0 Å². The smallest absolute Gasteiger partial charge is 0.300 e. The van der Waals surface area contributed by atoms with Gasteiger partial charge in [0.2, 0.25) is 0 Å². The molecule has 0 unspecified atom stereocenters. The van der Waals surface area contributed by atoms with Crippen molar-refractivity contribution < 1.29 is 15.0 Å². The summed E-state index contributed by atoms with van der Waals surface area (Å²) in [6.07, 6.45) is 0. The molecule has 0 bridgehead atoms. The molecule has 0 aromatic rings. The van der Waals surface area contributed by atoms with Gasteiger partial charge in [0.15, 0.2) is 0 Å². The Morgan fingerprint density at radius 1 is 1.56 bits per heavy atom. The van der Waals surface area contributed by atoms with E-state index in [0.717, 1.165) is 6.92 Å². The number of aliphatic hydroxyl groups is 1. The predicted molar refractivity (Wildman–Crippen MR) is 35.2 cm³/mol. The SMILES string of the molecule is CC(=O)O.CC(C)CO. The molecule has 3 heteroatoms. The Labute approximate surface area is 55.3 Å². The van der Waals surface area contributed by atoms with Crippen molar-refractivity contribution in [3.8, 4) is 0 Å². The molecule has 0 aliphatic rings. The molecule has 0 aliphatic carbocycles.